The molecule has 0 atom stereocenters. The van der Waals surface area contributed by atoms with Crippen molar-refractivity contribution >= 4 is 102 Å². The van der Waals surface area contributed by atoms with Crippen LogP contribution in [-0.4, -0.2) is 124 Å². The van der Waals surface area contributed by atoms with E-state index in [0.717, 1.165) is 26.8 Å². The average molecular weight is 1070 g/mol. The fraction of sp³-hybridized carbons (Fsp3) is 0.280. The summed E-state index contributed by atoms with van der Waals surface area (Å²) in [5.74, 6) is 2.80. The Morgan fingerprint density at radius 1 is 0.507 bits per heavy atom. The van der Waals surface area contributed by atoms with Gasteiger partial charge in [0.15, 0.2) is 34.5 Å². The lowest BCUT2D eigenvalue weighted by molar-refractivity contribution is -0.134. The molecule has 2 fully saturated rings. The number of benzene rings is 4. The van der Waals surface area contributed by atoms with Crippen LogP contribution in [0.4, 0.5) is 32.3 Å². The van der Waals surface area contributed by atoms with E-state index >= 15 is 0 Å². The number of nitrogens with two attached hydrogens (primary N) is 2. The van der Waals surface area contributed by atoms with E-state index in [9.17, 15) is 18.4 Å². The van der Waals surface area contributed by atoms with Crippen LogP contribution in [0.25, 0.3) is 20.7 Å². The van der Waals surface area contributed by atoms with Gasteiger partial charge in [-0.3, -0.25) is 9.59 Å². The smallest absolute Gasteiger partial charge is 0.260 e. The Bertz CT molecular complexity index is 3160. The predicted octanol–water partition coefficient (Wildman–Crippen LogP) is 7.78. The summed E-state index contributed by atoms with van der Waals surface area (Å²) in [7, 11) is 0. The Morgan fingerprint density at radius 2 is 0.904 bits per heavy atom. The predicted molar refractivity (Wildman–Crippen MR) is 280 cm³/mol. The van der Waals surface area contributed by atoms with Crippen molar-refractivity contribution < 1.29 is 32.6 Å². The number of anilines is 4. The number of rotatable bonds is 15. The van der Waals surface area contributed by atoms with Crippen LogP contribution in [-0.2, 0) is 28.9 Å². The number of aryl methyl sites for hydroxylation is 2. The second kappa shape index (κ2) is 23.6. The summed E-state index contributed by atoms with van der Waals surface area (Å²) in [6.07, 6.45) is 2.02. The maximum atomic E-state index is 13.2. The fourth-order valence-electron chi connectivity index (χ4n) is 7.95. The van der Waals surface area contributed by atoms with Gasteiger partial charge in [-0.1, -0.05) is 58.0 Å². The summed E-state index contributed by atoms with van der Waals surface area (Å²) >= 11 is 14.7. The zero-order chi connectivity index (χ0) is 50.8. The van der Waals surface area contributed by atoms with Crippen molar-refractivity contribution in [3.05, 3.63) is 134 Å². The average Bonchev–Trinajstić information content (AvgIpc) is 4.02. The van der Waals surface area contributed by atoms with Crippen LogP contribution in [0.5, 0.6) is 17.2 Å². The molecule has 2 aliphatic rings. The van der Waals surface area contributed by atoms with Crippen molar-refractivity contribution in [1.29, 1.82) is 0 Å². The SMILES string of the molecule is Nc1nc(N2CCN(C(=O)COc3ccc(Cl)cc3)CC2)c2nc(CCOc3ccc(F)cc3)sc2n1.Nc1nc(N2CCN(C(=O)COc3ccc(Cl)cc3)CC2)c2nc(CCc3ccc(F)cc3)sc2n1. The number of halogens is 4. The summed E-state index contributed by atoms with van der Waals surface area (Å²) in [6, 6.07) is 26.2. The molecule has 378 valence electrons. The zero-order valence-electron chi connectivity index (χ0n) is 39.1. The molecule has 23 heteroatoms. The van der Waals surface area contributed by atoms with Crippen molar-refractivity contribution in [2.24, 2.45) is 0 Å². The molecule has 4 N–H and O–H groups in total. The molecule has 0 saturated carbocycles. The molecule has 0 aliphatic carbocycles. The minimum absolute atomic E-state index is 0.0319. The number of thiazole rings is 2. The third-order valence-corrected chi connectivity index (χ3v) is 14.3. The minimum Gasteiger partial charge on any atom is -0.493 e. The van der Waals surface area contributed by atoms with E-state index in [0.29, 0.717) is 127 Å². The van der Waals surface area contributed by atoms with E-state index in [1.807, 2.05) is 0 Å². The molecule has 2 amide bonds. The number of hydrogen-bond acceptors (Lipinski definition) is 17. The van der Waals surface area contributed by atoms with Gasteiger partial charge in [-0.05, 0) is 96.9 Å². The third-order valence-electron chi connectivity index (χ3n) is 11.8. The number of carbonyl (C=O) groups is 2. The summed E-state index contributed by atoms with van der Waals surface area (Å²) in [6.45, 7) is 4.80. The fourth-order valence-corrected chi connectivity index (χ4v) is 10.1. The number of nitrogens with zero attached hydrogens (tertiary/aromatic N) is 10. The van der Waals surface area contributed by atoms with E-state index in [2.05, 4.69) is 29.7 Å². The number of aromatic nitrogens is 6. The van der Waals surface area contributed by atoms with Crippen LogP contribution in [0.3, 0.4) is 0 Å². The number of amides is 2. The summed E-state index contributed by atoms with van der Waals surface area (Å²) < 4.78 is 43.1. The minimum atomic E-state index is -0.307. The van der Waals surface area contributed by atoms with Crippen LogP contribution in [0.2, 0.25) is 10.0 Å². The third kappa shape index (κ3) is 13.5. The van der Waals surface area contributed by atoms with E-state index in [4.69, 9.17) is 58.8 Å². The first-order valence-corrected chi connectivity index (χ1v) is 25.6. The lowest BCUT2D eigenvalue weighted by Gasteiger charge is -2.35. The first-order valence-electron chi connectivity index (χ1n) is 23.2. The number of fused-ring (bicyclic) bond motifs is 2. The van der Waals surface area contributed by atoms with Gasteiger partial charge in [0.25, 0.3) is 11.8 Å². The van der Waals surface area contributed by atoms with Gasteiger partial charge in [0, 0.05) is 75.2 Å². The van der Waals surface area contributed by atoms with Crippen LogP contribution >= 0.6 is 45.9 Å². The number of carbonyl (C=O) groups excluding carboxylic acids is 2. The highest BCUT2D eigenvalue weighted by molar-refractivity contribution is 7.18. The second-order valence-corrected chi connectivity index (χ2v) is 19.7. The van der Waals surface area contributed by atoms with Gasteiger partial charge in [-0.15, -0.1) is 0 Å². The molecule has 0 bridgehead atoms. The molecule has 0 spiro atoms. The Morgan fingerprint density at radius 3 is 1.36 bits per heavy atom. The number of nitrogen functional groups attached to an aromatic ring is 2. The summed E-state index contributed by atoms with van der Waals surface area (Å²) in [5, 5.41) is 2.99. The van der Waals surface area contributed by atoms with E-state index in [1.54, 1.807) is 82.6 Å². The Labute approximate surface area is 436 Å². The molecule has 4 aromatic heterocycles. The van der Waals surface area contributed by atoms with Gasteiger partial charge in [-0.2, -0.15) is 9.97 Å². The van der Waals surface area contributed by atoms with E-state index in [-0.39, 0.29) is 48.6 Å². The molecule has 6 heterocycles. The quantitative estimate of drug-likeness (QED) is 0.101. The second-order valence-electron chi connectivity index (χ2n) is 16.7. The van der Waals surface area contributed by atoms with Crippen molar-refractivity contribution in [3.8, 4) is 17.2 Å². The van der Waals surface area contributed by atoms with E-state index < -0.39 is 0 Å². The van der Waals surface area contributed by atoms with Crippen LogP contribution in [0, 0.1) is 11.6 Å². The monoisotopic (exact) mass is 1070 g/mol. The molecule has 2 aliphatic heterocycles. The first kappa shape index (κ1) is 50.7. The Kier molecular flexibility index (Phi) is 16.4. The Hall–Kier alpha value is -7.20. The Balaban J connectivity index is 0.000000180. The summed E-state index contributed by atoms with van der Waals surface area (Å²) in [4.78, 5) is 61.6. The highest BCUT2D eigenvalue weighted by Crippen LogP contribution is 2.32. The van der Waals surface area contributed by atoms with Gasteiger partial charge in [0.1, 0.15) is 39.9 Å². The lowest BCUT2D eigenvalue weighted by Crippen LogP contribution is -2.50. The van der Waals surface area contributed by atoms with Crippen LogP contribution < -0.4 is 35.5 Å². The standard InChI is InChI=1S/C25H24ClFN6O3S.C25H24ClFN6O2S/c26-16-1-5-19(6-2-16)36-15-21(34)32-10-12-33(13-11-32)23-22-24(31-25(28)30-23)37-20(29-22)9-14-35-18-7-3-17(27)4-8-18;26-17-4-8-19(9-5-17)35-15-21(34)32-11-13-33(14-12-32)23-22-24(31-25(28)30-23)36-20(29-22)10-3-16-1-6-18(27)7-2-16/h1-8H,9-15H2,(H2,28,30,31);1-2,4-9H,3,10-15H2,(H2,28,30,31). The molecule has 8 aromatic rings. The van der Waals surface area contributed by atoms with Gasteiger partial charge in [0.05, 0.1) is 16.6 Å². The van der Waals surface area contributed by atoms with Gasteiger partial charge < -0.3 is 45.3 Å². The first-order chi connectivity index (χ1) is 35.4. The number of piperazine rings is 2. The van der Waals surface area contributed by atoms with Crippen molar-refractivity contribution in [2.75, 3.05) is 93.4 Å². The van der Waals surface area contributed by atoms with Crippen molar-refractivity contribution in [3.63, 3.8) is 0 Å². The van der Waals surface area contributed by atoms with Crippen molar-refractivity contribution in [1.82, 2.24) is 39.7 Å². The van der Waals surface area contributed by atoms with Gasteiger partial charge >= 0.3 is 0 Å². The molecule has 2 saturated heterocycles. The lowest BCUT2D eigenvalue weighted by atomic mass is 10.1. The molecule has 73 heavy (non-hydrogen) atoms. The normalized spacial score (nSPS) is 13.8. The van der Waals surface area contributed by atoms with E-state index in [1.165, 1.54) is 46.9 Å². The number of ether oxygens (including phenoxy) is 3. The molecule has 4 aromatic carbocycles. The molecule has 0 radical (unpaired) electrons. The molecular weight excluding hydrogens is 1020 g/mol. The van der Waals surface area contributed by atoms with Crippen LogP contribution in [0.15, 0.2) is 97.1 Å². The highest BCUT2D eigenvalue weighted by Gasteiger charge is 2.27. The zero-order valence-corrected chi connectivity index (χ0v) is 42.3. The highest BCUT2D eigenvalue weighted by atomic mass is 35.5. The van der Waals surface area contributed by atoms with Crippen molar-refractivity contribution in [2.45, 2.75) is 19.3 Å². The maximum Gasteiger partial charge on any atom is 0.260 e. The molecule has 0 unspecified atom stereocenters. The molecular formula is C50H48Cl2F2N12O5S2. The van der Waals surface area contributed by atoms with Gasteiger partial charge in [-0.25, -0.2) is 28.7 Å². The van der Waals surface area contributed by atoms with Crippen LogP contribution in [0.1, 0.15) is 15.6 Å². The topological polar surface area (TPSA) is 204 Å². The molecule has 10 rings (SSSR count). The number of hydrogen-bond donors (Lipinski definition) is 2. The maximum absolute atomic E-state index is 13.2. The van der Waals surface area contributed by atoms with Gasteiger partial charge in [0.2, 0.25) is 11.9 Å². The summed E-state index contributed by atoms with van der Waals surface area (Å²) in [5.41, 5.74) is 14.4. The largest absolute Gasteiger partial charge is 0.493 e. The molecule has 17 nitrogen and oxygen atoms in total.